The van der Waals surface area contributed by atoms with Gasteiger partial charge >= 0.3 is 0 Å². The third-order valence-corrected chi connectivity index (χ3v) is 6.68. The van der Waals surface area contributed by atoms with Gasteiger partial charge in [-0.25, -0.2) is 0 Å². The van der Waals surface area contributed by atoms with Gasteiger partial charge in [-0.1, -0.05) is 43.5 Å². The van der Waals surface area contributed by atoms with Crippen molar-refractivity contribution in [3.05, 3.63) is 54.4 Å². The highest BCUT2D eigenvalue weighted by Crippen LogP contribution is 2.38. The molecule has 5 heteroatoms. The molecule has 2 N–H and O–H groups in total. The number of hydrogen-bond donors (Lipinski definition) is 1. The summed E-state index contributed by atoms with van der Waals surface area (Å²) in [7, 11) is 0. The van der Waals surface area contributed by atoms with E-state index in [9.17, 15) is 9.59 Å². The van der Waals surface area contributed by atoms with Gasteiger partial charge in [0.15, 0.2) is 0 Å². The Morgan fingerprint density at radius 3 is 2.52 bits per heavy atom. The Balaban J connectivity index is 1.57. The van der Waals surface area contributed by atoms with Gasteiger partial charge in [-0.15, -0.1) is 0 Å². The highest BCUT2D eigenvalue weighted by atomic mass is 16.2. The summed E-state index contributed by atoms with van der Waals surface area (Å²) in [4.78, 5) is 31.6. The van der Waals surface area contributed by atoms with E-state index >= 15 is 0 Å². The summed E-state index contributed by atoms with van der Waals surface area (Å²) in [6, 6.07) is 12.1. The van der Waals surface area contributed by atoms with Gasteiger partial charge in [0.1, 0.15) is 0 Å². The minimum absolute atomic E-state index is 0.122. The molecule has 152 valence electrons. The van der Waals surface area contributed by atoms with E-state index < -0.39 is 5.41 Å². The van der Waals surface area contributed by atoms with Gasteiger partial charge in [-0.2, -0.15) is 0 Å². The topological polar surface area (TPSA) is 76.3 Å². The van der Waals surface area contributed by atoms with Crippen LogP contribution < -0.4 is 5.73 Å². The number of carbonyl (C=O) groups is 2. The summed E-state index contributed by atoms with van der Waals surface area (Å²) in [6.07, 6.45) is 10.2. The average molecular weight is 392 g/mol. The molecule has 0 radical (unpaired) electrons. The second-order valence-electron chi connectivity index (χ2n) is 8.56. The maximum absolute atomic E-state index is 13.0. The van der Waals surface area contributed by atoms with Crippen LogP contribution in [0.3, 0.4) is 0 Å². The van der Waals surface area contributed by atoms with Crippen molar-refractivity contribution in [3.8, 4) is 11.1 Å². The van der Waals surface area contributed by atoms with Crippen molar-refractivity contribution in [2.24, 2.45) is 17.1 Å². The van der Waals surface area contributed by atoms with Gasteiger partial charge in [0.05, 0.1) is 5.41 Å². The molecule has 1 saturated heterocycles. The number of carbonyl (C=O) groups excluding carboxylic acids is 2. The molecule has 1 saturated carbocycles. The number of rotatable bonds is 5. The molecule has 1 aromatic carbocycles. The lowest BCUT2D eigenvalue weighted by Crippen LogP contribution is -2.43. The molecule has 5 nitrogen and oxygen atoms in total. The number of likely N-dealkylation sites (tertiary alicyclic amines) is 1. The highest BCUT2D eigenvalue weighted by Gasteiger charge is 2.46. The van der Waals surface area contributed by atoms with Crippen LogP contribution in [0.15, 0.2) is 48.8 Å². The summed E-state index contributed by atoms with van der Waals surface area (Å²) in [5, 5.41) is 0. The second-order valence-corrected chi connectivity index (χ2v) is 8.56. The van der Waals surface area contributed by atoms with E-state index in [0.29, 0.717) is 25.9 Å². The number of amides is 2. The van der Waals surface area contributed by atoms with Crippen LogP contribution in [-0.4, -0.2) is 34.8 Å². The molecular formula is C24H29N3O2. The Kier molecular flexibility index (Phi) is 5.65. The lowest BCUT2D eigenvalue weighted by molar-refractivity contribution is -0.136. The zero-order valence-corrected chi connectivity index (χ0v) is 16.8. The second kappa shape index (κ2) is 8.36. The molecule has 2 fully saturated rings. The number of hydrogen-bond acceptors (Lipinski definition) is 3. The molecule has 1 aromatic heterocycles. The summed E-state index contributed by atoms with van der Waals surface area (Å²) in [5.74, 6) is 0.0350. The Morgan fingerprint density at radius 1 is 1.07 bits per heavy atom. The van der Waals surface area contributed by atoms with Crippen molar-refractivity contribution in [1.29, 1.82) is 0 Å². The average Bonchev–Trinajstić information content (AvgIpc) is 3.20. The minimum atomic E-state index is -0.701. The monoisotopic (exact) mass is 391 g/mol. The molecule has 29 heavy (non-hydrogen) atoms. The van der Waals surface area contributed by atoms with Gasteiger partial charge in [0.25, 0.3) is 0 Å². The van der Waals surface area contributed by atoms with Gasteiger partial charge in [-0.3, -0.25) is 14.6 Å². The predicted molar refractivity (Wildman–Crippen MR) is 113 cm³/mol. The summed E-state index contributed by atoms with van der Waals surface area (Å²) < 4.78 is 0. The number of nitrogens with two attached hydrogens (primary N) is 1. The Bertz CT molecular complexity index is 877. The summed E-state index contributed by atoms with van der Waals surface area (Å²) >= 11 is 0. The minimum Gasteiger partial charge on any atom is -0.369 e. The third-order valence-electron chi connectivity index (χ3n) is 6.68. The van der Waals surface area contributed by atoms with Crippen LogP contribution in [0.25, 0.3) is 11.1 Å². The van der Waals surface area contributed by atoms with Crippen molar-refractivity contribution in [3.63, 3.8) is 0 Å². The Hall–Kier alpha value is -2.69. The summed E-state index contributed by atoms with van der Waals surface area (Å²) in [5.41, 5.74) is 8.47. The van der Waals surface area contributed by atoms with Crippen LogP contribution in [0.4, 0.5) is 0 Å². The molecule has 4 rings (SSSR count). The number of nitrogens with zero attached hydrogens (tertiary/aromatic N) is 2. The molecule has 0 spiro atoms. The fourth-order valence-electron chi connectivity index (χ4n) is 4.95. The van der Waals surface area contributed by atoms with Crippen molar-refractivity contribution < 1.29 is 9.59 Å². The Morgan fingerprint density at radius 2 is 1.79 bits per heavy atom. The van der Waals surface area contributed by atoms with E-state index in [4.69, 9.17) is 5.73 Å². The normalized spacial score (nSPS) is 22.6. The third kappa shape index (κ3) is 4.04. The van der Waals surface area contributed by atoms with Gasteiger partial charge < -0.3 is 10.6 Å². The fraction of sp³-hybridized carbons (Fsp3) is 0.458. The highest BCUT2D eigenvalue weighted by molar-refractivity contribution is 5.85. The van der Waals surface area contributed by atoms with Gasteiger partial charge in [0, 0.05) is 31.4 Å². The van der Waals surface area contributed by atoms with E-state index in [1.165, 1.54) is 6.42 Å². The van der Waals surface area contributed by atoms with Crippen molar-refractivity contribution in [1.82, 2.24) is 9.88 Å². The first-order chi connectivity index (χ1) is 14.1. The van der Waals surface area contributed by atoms with Crippen LogP contribution in [0.2, 0.25) is 0 Å². The largest absolute Gasteiger partial charge is 0.369 e. The van der Waals surface area contributed by atoms with Crippen LogP contribution in [0.5, 0.6) is 0 Å². The van der Waals surface area contributed by atoms with Crippen LogP contribution >= 0.6 is 0 Å². The number of aromatic nitrogens is 1. The Labute approximate surface area is 172 Å². The molecule has 2 aliphatic rings. The first kappa shape index (κ1) is 19.6. The van der Waals surface area contributed by atoms with Gasteiger partial charge in [-0.05, 0) is 54.5 Å². The maximum atomic E-state index is 13.0. The van der Waals surface area contributed by atoms with Crippen molar-refractivity contribution in [2.75, 3.05) is 13.1 Å². The van der Waals surface area contributed by atoms with Gasteiger partial charge in [0.2, 0.25) is 11.8 Å². The molecule has 0 bridgehead atoms. The van der Waals surface area contributed by atoms with Crippen LogP contribution in [0, 0.1) is 11.3 Å². The lowest BCUT2D eigenvalue weighted by Gasteiger charge is -2.29. The molecule has 0 unspecified atom stereocenters. The SMILES string of the molecule is NC(=O)[C@@]1(Cc2ccccc2-c2ccncc2)CCN(C(=O)C2CCCCC2)C1. The molecular weight excluding hydrogens is 362 g/mol. The van der Waals surface area contributed by atoms with E-state index in [-0.39, 0.29) is 17.7 Å². The van der Waals surface area contributed by atoms with E-state index in [0.717, 1.165) is 42.4 Å². The molecule has 2 aromatic rings. The number of pyridine rings is 1. The van der Waals surface area contributed by atoms with Crippen molar-refractivity contribution >= 4 is 11.8 Å². The smallest absolute Gasteiger partial charge is 0.225 e. The molecule has 2 heterocycles. The van der Waals surface area contributed by atoms with E-state index in [1.54, 1.807) is 12.4 Å². The lowest BCUT2D eigenvalue weighted by atomic mass is 9.78. The zero-order valence-electron chi connectivity index (χ0n) is 16.8. The quantitative estimate of drug-likeness (QED) is 0.846. The zero-order chi connectivity index (χ0) is 20.3. The molecule has 2 amide bonds. The number of primary amides is 1. The van der Waals surface area contributed by atoms with E-state index in [1.807, 2.05) is 29.2 Å². The predicted octanol–water partition coefficient (Wildman–Crippen LogP) is 3.58. The number of benzene rings is 1. The molecule has 1 aliphatic heterocycles. The fourth-order valence-corrected chi connectivity index (χ4v) is 4.95. The van der Waals surface area contributed by atoms with E-state index in [2.05, 4.69) is 17.1 Å². The molecule has 1 atom stereocenters. The van der Waals surface area contributed by atoms with Crippen LogP contribution in [0.1, 0.15) is 44.1 Å². The first-order valence-electron chi connectivity index (χ1n) is 10.7. The van der Waals surface area contributed by atoms with Crippen molar-refractivity contribution in [2.45, 2.75) is 44.9 Å². The first-order valence-corrected chi connectivity index (χ1v) is 10.7. The standard InChI is InChI=1S/C24H29N3O2/c25-23(29)24(12-15-27(17-24)22(28)19-6-2-1-3-7-19)16-20-8-4-5-9-21(20)18-10-13-26-14-11-18/h4-5,8-11,13-14,19H,1-3,6-7,12,15-17H2,(H2,25,29)/t24-/m1/s1. The van der Waals surface area contributed by atoms with Crippen LogP contribution in [-0.2, 0) is 16.0 Å². The summed E-state index contributed by atoms with van der Waals surface area (Å²) in [6.45, 7) is 1.05. The maximum Gasteiger partial charge on any atom is 0.225 e. The molecule has 1 aliphatic carbocycles.